The van der Waals surface area contributed by atoms with E-state index in [2.05, 4.69) is 11.8 Å². The lowest BCUT2D eigenvalue weighted by molar-refractivity contribution is 0.474. The monoisotopic (exact) mass is 242 g/mol. The first-order chi connectivity index (χ1) is 8.69. The Morgan fingerprint density at radius 1 is 1.11 bits per heavy atom. The van der Waals surface area contributed by atoms with Gasteiger partial charge in [0.15, 0.2) is 0 Å². The van der Waals surface area contributed by atoms with Crippen molar-refractivity contribution in [3.8, 4) is 5.75 Å². The van der Waals surface area contributed by atoms with E-state index in [0.717, 1.165) is 30.0 Å². The third kappa shape index (κ3) is 2.94. The van der Waals surface area contributed by atoms with Crippen LogP contribution in [-0.4, -0.2) is 11.7 Å². The summed E-state index contributed by atoms with van der Waals surface area (Å²) in [6.07, 6.45) is 0. The number of rotatable bonds is 4. The Balaban J connectivity index is 2.17. The minimum absolute atomic E-state index is 0.306. The molecule has 3 nitrogen and oxygen atoms in total. The molecule has 2 rings (SSSR count). The molecule has 0 unspecified atom stereocenters. The van der Waals surface area contributed by atoms with Gasteiger partial charge >= 0.3 is 0 Å². The average molecular weight is 242 g/mol. The highest BCUT2D eigenvalue weighted by Gasteiger charge is 2.05. The van der Waals surface area contributed by atoms with E-state index < -0.39 is 0 Å². The molecule has 0 fully saturated rings. The maximum absolute atomic E-state index is 9.47. The molecule has 3 heteroatoms. The fraction of sp³-hybridized carbons (Fsp3) is 0.200. The number of anilines is 2. The van der Waals surface area contributed by atoms with Gasteiger partial charge in [0.2, 0.25) is 0 Å². The lowest BCUT2D eigenvalue weighted by Crippen LogP contribution is -2.21. The minimum Gasteiger partial charge on any atom is -0.508 e. The van der Waals surface area contributed by atoms with E-state index in [0.29, 0.717) is 5.75 Å². The summed E-state index contributed by atoms with van der Waals surface area (Å²) < 4.78 is 0. The van der Waals surface area contributed by atoms with Crippen molar-refractivity contribution < 1.29 is 5.11 Å². The number of nitrogen functional groups attached to an aromatic ring is 1. The second-order valence-electron chi connectivity index (χ2n) is 4.28. The molecular formula is C15H18N2O. The molecule has 18 heavy (non-hydrogen) atoms. The quantitative estimate of drug-likeness (QED) is 0.810. The van der Waals surface area contributed by atoms with Crippen molar-refractivity contribution in [1.29, 1.82) is 0 Å². The predicted octanol–water partition coefficient (Wildman–Crippen LogP) is 3.00. The first-order valence-electron chi connectivity index (χ1n) is 6.07. The van der Waals surface area contributed by atoms with Gasteiger partial charge in [0.25, 0.3) is 0 Å². The van der Waals surface area contributed by atoms with Crippen LogP contribution in [0.25, 0.3) is 0 Å². The Morgan fingerprint density at radius 2 is 1.83 bits per heavy atom. The van der Waals surface area contributed by atoms with Crippen LogP contribution in [0.4, 0.5) is 11.4 Å². The maximum Gasteiger partial charge on any atom is 0.115 e. The number of aromatic hydroxyl groups is 1. The van der Waals surface area contributed by atoms with Crippen LogP contribution in [0.2, 0.25) is 0 Å². The molecule has 0 atom stereocenters. The van der Waals surface area contributed by atoms with E-state index >= 15 is 0 Å². The number of phenolic OH excluding ortho intramolecular Hbond substituents is 1. The summed E-state index contributed by atoms with van der Waals surface area (Å²) in [6.45, 7) is 3.79. The highest BCUT2D eigenvalue weighted by molar-refractivity contribution is 5.53. The highest BCUT2D eigenvalue weighted by atomic mass is 16.3. The summed E-state index contributed by atoms with van der Waals surface area (Å²) in [6, 6.07) is 15.2. The molecule has 0 radical (unpaired) electrons. The number of nitrogens with two attached hydrogens (primary N) is 1. The van der Waals surface area contributed by atoms with E-state index in [4.69, 9.17) is 5.73 Å². The van der Waals surface area contributed by atoms with E-state index in [1.807, 2.05) is 36.4 Å². The van der Waals surface area contributed by atoms with Gasteiger partial charge in [0.05, 0.1) is 0 Å². The molecule has 0 aromatic heterocycles. The van der Waals surface area contributed by atoms with E-state index in [1.165, 1.54) is 0 Å². The lowest BCUT2D eigenvalue weighted by atomic mass is 10.2. The van der Waals surface area contributed by atoms with Gasteiger partial charge in [-0.1, -0.05) is 12.1 Å². The van der Waals surface area contributed by atoms with Crippen LogP contribution < -0.4 is 10.6 Å². The number of hydrogen-bond acceptors (Lipinski definition) is 3. The van der Waals surface area contributed by atoms with E-state index in [1.54, 1.807) is 12.1 Å². The summed E-state index contributed by atoms with van der Waals surface area (Å²) in [4.78, 5) is 2.23. The molecule has 0 saturated carbocycles. The largest absolute Gasteiger partial charge is 0.508 e. The maximum atomic E-state index is 9.47. The second-order valence-corrected chi connectivity index (χ2v) is 4.28. The van der Waals surface area contributed by atoms with E-state index in [9.17, 15) is 5.11 Å². The molecule has 2 aromatic rings. The first-order valence-corrected chi connectivity index (χ1v) is 6.07. The Labute approximate surface area is 107 Å². The third-order valence-electron chi connectivity index (χ3n) is 2.92. The second kappa shape index (κ2) is 5.45. The summed E-state index contributed by atoms with van der Waals surface area (Å²) in [5.41, 5.74) is 8.69. The zero-order valence-electron chi connectivity index (χ0n) is 10.5. The van der Waals surface area contributed by atoms with Crippen molar-refractivity contribution in [1.82, 2.24) is 0 Å². The van der Waals surface area contributed by atoms with Crippen molar-refractivity contribution >= 4 is 11.4 Å². The fourth-order valence-electron chi connectivity index (χ4n) is 1.95. The van der Waals surface area contributed by atoms with Crippen LogP contribution in [0.15, 0.2) is 48.5 Å². The van der Waals surface area contributed by atoms with Gasteiger partial charge in [0, 0.05) is 24.5 Å². The summed E-state index contributed by atoms with van der Waals surface area (Å²) >= 11 is 0. The molecule has 0 aliphatic carbocycles. The van der Waals surface area contributed by atoms with Gasteiger partial charge < -0.3 is 15.7 Å². The normalized spacial score (nSPS) is 10.3. The van der Waals surface area contributed by atoms with E-state index in [-0.39, 0.29) is 0 Å². The molecule has 94 valence electrons. The zero-order chi connectivity index (χ0) is 13.0. The Morgan fingerprint density at radius 3 is 2.44 bits per heavy atom. The molecule has 0 amide bonds. The van der Waals surface area contributed by atoms with Gasteiger partial charge in [-0.2, -0.15) is 0 Å². The van der Waals surface area contributed by atoms with Crippen molar-refractivity contribution in [2.24, 2.45) is 0 Å². The average Bonchev–Trinajstić information content (AvgIpc) is 2.37. The van der Waals surface area contributed by atoms with Gasteiger partial charge in [-0.25, -0.2) is 0 Å². The number of nitrogens with zero attached hydrogens (tertiary/aromatic N) is 1. The highest BCUT2D eigenvalue weighted by Crippen LogP contribution is 2.20. The summed E-state index contributed by atoms with van der Waals surface area (Å²) in [7, 11) is 0. The lowest BCUT2D eigenvalue weighted by Gasteiger charge is -2.23. The van der Waals surface area contributed by atoms with Crippen LogP contribution in [-0.2, 0) is 6.54 Å². The molecule has 0 aliphatic rings. The van der Waals surface area contributed by atoms with Crippen molar-refractivity contribution in [2.45, 2.75) is 13.5 Å². The Bertz CT molecular complexity index is 508. The SMILES string of the molecule is CCN(Cc1cccc(O)c1)c1ccc(N)cc1. The zero-order valence-corrected chi connectivity index (χ0v) is 10.5. The molecule has 0 bridgehead atoms. The van der Waals surface area contributed by atoms with Crippen LogP contribution in [0, 0.1) is 0 Å². The standard InChI is InChI=1S/C15H18N2O/c1-2-17(14-8-6-13(16)7-9-14)11-12-4-3-5-15(18)10-12/h3-10,18H,2,11,16H2,1H3. The summed E-state index contributed by atoms with van der Waals surface area (Å²) in [5, 5.41) is 9.47. The van der Waals surface area contributed by atoms with Crippen molar-refractivity contribution in [3.05, 3.63) is 54.1 Å². The Hall–Kier alpha value is -2.16. The van der Waals surface area contributed by atoms with Crippen molar-refractivity contribution in [3.63, 3.8) is 0 Å². The molecule has 0 aliphatic heterocycles. The molecule has 0 heterocycles. The number of hydrogen-bond donors (Lipinski definition) is 2. The predicted molar refractivity (Wildman–Crippen MR) is 75.7 cm³/mol. The number of benzene rings is 2. The molecular weight excluding hydrogens is 224 g/mol. The fourth-order valence-corrected chi connectivity index (χ4v) is 1.95. The molecule has 0 spiro atoms. The third-order valence-corrected chi connectivity index (χ3v) is 2.92. The smallest absolute Gasteiger partial charge is 0.115 e. The van der Waals surface area contributed by atoms with Gasteiger partial charge in [-0.05, 0) is 48.9 Å². The van der Waals surface area contributed by atoms with Gasteiger partial charge in [-0.3, -0.25) is 0 Å². The van der Waals surface area contributed by atoms with Crippen LogP contribution in [0.3, 0.4) is 0 Å². The number of phenols is 1. The van der Waals surface area contributed by atoms with Crippen LogP contribution in [0.1, 0.15) is 12.5 Å². The molecule has 2 aromatic carbocycles. The van der Waals surface area contributed by atoms with Gasteiger partial charge in [0.1, 0.15) is 5.75 Å². The van der Waals surface area contributed by atoms with Crippen LogP contribution in [0.5, 0.6) is 5.75 Å². The van der Waals surface area contributed by atoms with Gasteiger partial charge in [-0.15, -0.1) is 0 Å². The topological polar surface area (TPSA) is 49.5 Å². The minimum atomic E-state index is 0.306. The van der Waals surface area contributed by atoms with Crippen molar-refractivity contribution in [2.75, 3.05) is 17.2 Å². The molecule has 0 saturated heterocycles. The van der Waals surface area contributed by atoms with Crippen LogP contribution >= 0.6 is 0 Å². The molecule has 3 N–H and O–H groups in total. The Kier molecular flexibility index (Phi) is 3.72. The first kappa shape index (κ1) is 12.3. The summed E-state index contributed by atoms with van der Waals surface area (Å²) in [5.74, 6) is 0.306.